The van der Waals surface area contributed by atoms with Gasteiger partial charge in [0.15, 0.2) is 0 Å². The van der Waals surface area contributed by atoms with Crippen LogP contribution in [0.1, 0.15) is 22.0 Å². The molecule has 0 saturated carbocycles. The number of hydrogen-bond donors (Lipinski definition) is 1. The number of benzene rings is 1. The summed E-state index contributed by atoms with van der Waals surface area (Å²) in [5.41, 5.74) is 4.08. The van der Waals surface area contributed by atoms with Crippen molar-refractivity contribution >= 4 is 28.4 Å². The van der Waals surface area contributed by atoms with Crippen LogP contribution >= 0.6 is 0 Å². The van der Waals surface area contributed by atoms with Crippen molar-refractivity contribution in [2.75, 3.05) is 5.32 Å². The van der Waals surface area contributed by atoms with E-state index in [9.17, 15) is 4.79 Å². The standard InChI is InChI=1S/C20H16N8O/c1-12-9-13(2)28-20(23-12)25-18(26-28)19(29)24-14-7-8-17(21-10-14)27-11-22-15-5-3-4-6-16(15)27/h3-11H,1-2H3,(H,24,29). The number of carbonyl (C=O) groups is 1. The molecule has 4 aromatic heterocycles. The molecule has 0 spiro atoms. The quantitative estimate of drug-likeness (QED) is 0.513. The second-order valence-corrected chi connectivity index (χ2v) is 6.65. The van der Waals surface area contributed by atoms with E-state index >= 15 is 0 Å². The number of pyridine rings is 1. The summed E-state index contributed by atoms with van der Waals surface area (Å²) in [7, 11) is 0. The molecule has 0 aliphatic carbocycles. The van der Waals surface area contributed by atoms with Crippen molar-refractivity contribution in [3.8, 4) is 5.82 Å². The van der Waals surface area contributed by atoms with E-state index in [1.807, 2.05) is 54.8 Å². The minimum atomic E-state index is -0.421. The van der Waals surface area contributed by atoms with E-state index in [1.54, 1.807) is 23.1 Å². The molecule has 0 fully saturated rings. The molecule has 0 saturated heterocycles. The molecule has 9 heteroatoms. The van der Waals surface area contributed by atoms with Gasteiger partial charge < -0.3 is 5.32 Å². The third-order valence-electron chi connectivity index (χ3n) is 4.53. The van der Waals surface area contributed by atoms with Crippen LogP contribution in [0.4, 0.5) is 5.69 Å². The molecular formula is C20H16N8O. The first-order chi connectivity index (χ1) is 14.1. The predicted octanol–water partition coefficient (Wildman–Crippen LogP) is 2.73. The Balaban J connectivity index is 1.40. The first kappa shape index (κ1) is 17.0. The average Bonchev–Trinajstić information content (AvgIpc) is 3.33. The van der Waals surface area contributed by atoms with Gasteiger partial charge in [-0.3, -0.25) is 9.36 Å². The zero-order valence-corrected chi connectivity index (χ0v) is 15.7. The van der Waals surface area contributed by atoms with Crippen molar-refractivity contribution in [1.29, 1.82) is 0 Å². The summed E-state index contributed by atoms with van der Waals surface area (Å²) >= 11 is 0. The highest BCUT2D eigenvalue weighted by molar-refractivity contribution is 6.01. The largest absolute Gasteiger partial charge is 0.318 e. The molecule has 0 radical (unpaired) electrons. The van der Waals surface area contributed by atoms with Crippen molar-refractivity contribution in [1.82, 2.24) is 34.1 Å². The van der Waals surface area contributed by atoms with E-state index in [2.05, 4.69) is 30.4 Å². The number of nitrogens with one attached hydrogen (secondary N) is 1. The van der Waals surface area contributed by atoms with E-state index in [-0.39, 0.29) is 5.82 Å². The van der Waals surface area contributed by atoms with Gasteiger partial charge in [0.2, 0.25) is 5.82 Å². The number of carbonyl (C=O) groups excluding carboxylic acids is 1. The monoisotopic (exact) mass is 384 g/mol. The molecule has 5 rings (SSSR count). The van der Waals surface area contributed by atoms with Gasteiger partial charge in [0.1, 0.15) is 12.1 Å². The van der Waals surface area contributed by atoms with Crippen molar-refractivity contribution in [3.63, 3.8) is 0 Å². The van der Waals surface area contributed by atoms with Gasteiger partial charge in [-0.2, -0.15) is 4.98 Å². The summed E-state index contributed by atoms with van der Waals surface area (Å²) in [5, 5.41) is 7.01. The maximum atomic E-state index is 12.5. The molecule has 0 aliphatic rings. The van der Waals surface area contributed by atoms with Crippen molar-refractivity contribution in [3.05, 3.63) is 72.2 Å². The van der Waals surface area contributed by atoms with Crippen molar-refractivity contribution in [2.45, 2.75) is 13.8 Å². The van der Waals surface area contributed by atoms with Gasteiger partial charge >= 0.3 is 0 Å². The summed E-state index contributed by atoms with van der Waals surface area (Å²) in [6.45, 7) is 3.76. The van der Waals surface area contributed by atoms with Crippen LogP contribution in [0.15, 0.2) is 55.0 Å². The number of amides is 1. The Labute approximate surface area is 165 Å². The lowest BCUT2D eigenvalue weighted by Gasteiger charge is -2.05. The summed E-state index contributed by atoms with van der Waals surface area (Å²) in [6.07, 6.45) is 3.31. The number of rotatable bonds is 3. The molecule has 9 nitrogen and oxygen atoms in total. The lowest BCUT2D eigenvalue weighted by Crippen LogP contribution is -2.14. The Morgan fingerprint density at radius 2 is 1.90 bits per heavy atom. The third-order valence-corrected chi connectivity index (χ3v) is 4.53. The molecule has 4 heterocycles. The fraction of sp³-hybridized carbons (Fsp3) is 0.100. The molecular weight excluding hydrogens is 368 g/mol. The lowest BCUT2D eigenvalue weighted by molar-refractivity contribution is 0.101. The number of imidazole rings is 1. The second-order valence-electron chi connectivity index (χ2n) is 6.65. The zero-order valence-electron chi connectivity index (χ0n) is 15.7. The highest BCUT2D eigenvalue weighted by Crippen LogP contribution is 2.18. The van der Waals surface area contributed by atoms with Gasteiger partial charge in [0, 0.05) is 11.4 Å². The number of aromatic nitrogens is 7. The highest BCUT2D eigenvalue weighted by Gasteiger charge is 2.15. The SMILES string of the molecule is Cc1cc(C)n2nc(C(=O)Nc3ccc(-n4cnc5ccccc54)nc3)nc2n1. The molecule has 0 atom stereocenters. The summed E-state index contributed by atoms with van der Waals surface area (Å²) < 4.78 is 3.44. The molecule has 0 bridgehead atoms. The molecule has 1 N–H and O–H groups in total. The Morgan fingerprint density at radius 1 is 1.03 bits per heavy atom. The van der Waals surface area contributed by atoms with E-state index in [0.717, 1.165) is 22.4 Å². The van der Waals surface area contributed by atoms with Crippen LogP contribution in [-0.2, 0) is 0 Å². The fourth-order valence-corrected chi connectivity index (χ4v) is 3.19. The summed E-state index contributed by atoms with van der Waals surface area (Å²) in [6, 6.07) is 13.3. The van der Waals surface area contributed by atoms with Crippen LogP contribution in [0.5, 0.6) is 0 Å². The van der Waals surface area contributed by atoms with Crippen LogP contribution in [0.25, 0.3) is 22.6 Å². The highest BCUT2D eigenvalue weighted by atomic mass is 16.2. The van der Waals surface area contributed by atoms with Gasteiger partial charge in [-0.1, -0.05) is 12.1 Å². The van der Waals surface area contributed by atoms with Crippen LogP contribution in [0.2, 0.25) is 0 Å². The average molecular weight is 384 g/mol. The number of hydrogen-bond acceptors (Lipinski definition) is 6. The van der Waals surface area contributed by atoms with Gasteiger partial charge in [0.25, 0.3) is 11.7 Å². The fourth-order valence-electron chi connectivity index (χ4n) is 3.19. The van der Waals surface area contributed by atoms with Crippen LogP contribution in [-0.4, -0.2) is 40.0 Å². The number of aryl methyl sites for hydroxylation is 2. The van der Waals surface area contributed by atoms with Crippen molar-refractivity contribution < 1.29 is 4.79 Å². The van der Waals surface area contributed by atoms with Crippen molar-refractivity contribution in [2.24, 2.45) is 0 Å². The van der Waals surface area contributed by atoms with E-state index in [1.165, 1.54) is 0 Å². The van der Waals surface area contributed by atoms with Gasteiger partial charge in [0.05, 0.1) is 22.9 Å². The molecule has 142 valence electrons. The van der Waals surface area contributed by atoms with Crippen LogP contribution < -0.4 is 5.32 Å². The van der Waals surface area contributed by atoms with E-state index < -0.39 is 5.91 Å². The van der Waals surface area contributed by atoms with Gasteiger partial charge in [-0.15, -0.1) is 5.10 Å². The number of para-hydroxylation sites is 2. The maximum absolute atomic E-state index is 12.5. The number of nitrogens with zero attached hydrogens (tertiary/aromatic N) is 7. The molecule has 1 amide bonds. The second kappa shape index (κ2) is 6.48. The zero-order chi connectivity index (χ0) is 20.0. The smallest absolute Gasteiger partial charge is 0.295 e. The Morgan fingerprint density at radius 3 is 2.72 bits per heavy atom. The van der Waals surface area contributed by atoms with Crippen LogP contribution in [0, 0.1) is 13.8 Å². The first-order valence-electron chi connectivity index (χ1n) is 8.99. The Bertz CT molecular complexity index is 1370. The van der Waals surface area contributed by atoms with Gasteiger partial charge in [-0.25, -0.2) is 19.5 Å². The minimum Gasteiger partial charge on any atom is -0.318 e. The molecule has 0 aliphatic heterocycles. The summed E-state index contributed by atoms with van der Waals surface area (Å²) in [4.78, 5) is 29.9. The third kappa shape index (κ3) is 2.98. The normalized spacial score (nSPS) is 11.2. The molecule has 0 unspecified atom stereocenters. The van der Waals surface area contributed by atoms with Crippen LogP contribution in [0.3, 0.4) is 0 Å². The topological polar surface area (TPSA) is 103 Å². The molecule has 1 aromatic carbocycles. The van der Waals surface area contributed by atoms with E-state index in [4.69, 9.17) is 0 Å². The maximum Gasteiger partial charge on any atom is 0.295 e. The van der Waals surface area contributed by atoms with Gasteiger partial charge in [-0.05, 0) is 44.2 Å². The Kier molecular flexibility index (Phi) is 3.80. The summed E-state index contributed by atoms with van der Waals surface area (Å²) in [5.74, 6) is 0.733. The van der Waals surface area contributed by atoms with E-state index in [0.29, 0.717) is 17.3 Å². The molecule has 5 aromatic rings. The molecule has 29 heavy (non-hydrogen) atoms. The predicted molar refractivity (Wildman–Crippen MR) is 107 cm³/mol. The Hall–Kier alpha value is -4.14. The minimum absolute atomic E-state index is 0.0517. The number of anilines is 1. The first-order valence-corrected chi connectivity index (χ1v) is 8.99. The number of fused-ring (bicyclic) bond motifs is 2. The lowest BCUT2D eigenvalue weighted by atomic mass is 10.3.